The molecule has 31 heavy (non-hydrogen) atoms. The predicted octanol–water partition coefficient (Wildman–Crippen LogP) is 3.85. The Hall–Kier alpha value is -3.59. The summed E-state index contributed by atoms with van der Waals surface area (Å²) in [4.78, 5) is 17.5. The van der Waals surface area contributed by atoms with Crippen LogP contribution in [0.2, 0.25) is 5.02 Å². The summed E-state index contributed by atoms with van der Waals surface area (Å²) < 4.78 is 31.5. The van der Waals surface area contributed by atoms with Gasteiger partial charge in [0.2, 0.25) is 5.91 Å². The van der Waals surface area contributed by atoms with Gasteiger partial charge in [0.05, 0.1) is 22.8 Å². The maximum Gasteiger partial charge on any atom is 0.246 e. The van der Waals surface area contributed by atoms with Crippen LogP contribution in [0.1, 0.15) is 6.04 Å². The lowest BCUT2D eigenvalue weighted by Crippen LogP contribution is -2.50. The number of hydrogen-bond donors (Lipinski definition) is 1. The van der Waals surface area contributed by atoms with Crippen LogP contribution in [0.25, 0.3) is 33.1 Å². The first-order chi connectivity index (χ1) is 14.9. The summed E-state index contributed by atoms with van der Waals surface area (Å²) >= 11 is 6.36. The van der Waals surface area contributed by atoms with E-state index in [4.69, 9.17) is 11.6 Å². The monoisotopic (exact) mass is 441 g/mol. The van der Waals surface area contributed by atoms with Crippen LogP contribution in [0.4, 0.5) is 8.78 Å². The normalized spacial score (nSPS) is 14.2. The minimum atomic E-state index is -0.866. The number of aromatic nitrogens is 4. The number of likely N-dealkylation sites (tertiary alicyclic amines) is 1. The van der Waals surface area contributed by atoms with Crippen LogP contribution in [0.3, 0.4) is 0 Å². The van der Waals surface area contributed by atoms with E-state index in [1.807, 2.05) is 0 Å². The highest BCUT2D eigenvalue weighted by Gasteiger charge is 2.33. The lowest BCUT2D eigenvalue weighted by Gasteiger charge is -2.38. The van der Waals surface area contributed by atoms with Crippen LogP contribution in [0, 0.1) is 11.6 Å². The van der Waals surface area contributed by atoms with Gasteiger partial charge in [0.25, 0.3) is 0 Å². The Morgan fingerprint density at radius 1 is 1.29 bits per heavy atom. The van der Waals surface area contributed by atoms with Crippen LogP contribution in [-0.4, -0.2) is 49.0 Å². The second-order valence-electron chi connectivity index (χ2n) is 7.20. The molecule has 0 radical (unpaired) electrons. The maximum absolute atomic E-state index is 15.5. The molecular weight excluding hydrogens is 428 g/mol. The summed E-state index contributed by atoms with van der Waals surface area (Å²) in [5.74, 6) is -2.30. The van der Waals surface area contributed by atoms with Gasteiger partial charge < -0.3 is 10.0 Å². The molecule has 1 amide bonds. The number of aromatic hydroxyl groups is 1. The Kier molecular flexibility index (Phi) is 4.37. The second-order valence-corrected chi connectivity index (χ2v) is 7.61. The van der Waals surface area contributed by atoms with Gasteiger partial charge in [-0.1, -0.05) is 29.5 Å². The molecule has 0 saturated carbocycles. The van der Waals surface area contributed by atoms with E-state index in [2.05, 4.69) is 21.9 Å². The molecule has 1 aliphatic rings. The Balaban J connectivity index is 1.70. The predicted molar refractivity (Wildman–Crippen MR) is 111 cm³/mol. The average Bonchev–Trinajstić information content (AvgIpc) is 3.13. The number of fused-ring (bicyclic) bond motifs is 3. The Morgan fingerprint density at radius 3 is 2.77 bits per heavy atom. The van der Waals surface area contributed by atoms with E-state index in [-0.39, 0.29) is 33.6 Å². The average molecular weight is 442 g/mol. The van der Waals surface area contributed by atoms with Gasteiger partial charge in [0.1, 0.15) is 28.1 Å². The lowest BCUT2D eigenvalue weighted by atomic mass is 10.00. The smallest absolute Gasteiger partial charge is 0.246 e. The van der Waals surface area contributed by atoms with Crippen molar-refractivity contribution in [2.45, 2.75) is 6.04 Å². The molecule has 0 atom stereocenters. The number of halogens is 3. The van der Waals surface area contributed by atoms with Crippen LogP contribution < -0.4 is 0 Å². The Labute approximate surface area is 179 Å². The van der Waals surface area contributed by atoms with Crippen LogP contribution in [0.15, 0.2) is 43.1 Å². The van der Waals surface area contributed by atoms with Gasteiger partial charge in [-0.05, 0) is 24.3 Å². The molecule has 0 spiro atoms. The Bertz CT molecular complexity index is 1380. The highest BCUT2D eigenvalue weighted by atomic mass is 35.5. The van der Waals surface area contributed by atoms with Crippen molar-refractivity contribution in [1.82, 2.24) is 24.9 Å². The fourth-order valence-electron chi connectivity index (χ4n) is 3.86. The van der Waals surface area contributed by atoms with Crippen molar-refractivity contribution in [3.8, 4) is 16.9 Å². The third-order valence-corrected chi connectivity index (χ3v) is 5.72. The van der Waals surface area contributed by atoms with Crippen molar-refractivity contribution >= 4 is 39.4 Å². The quantitative estimate of drug-likeness (QED) is 0.488. The molecule has 1 aliphatic heterocycles. The molecule has 0 unspecified atom stereocenters. The van der Waals surface area contributed by atoms with E-state index in [0.717, 1.165) is 6.07 Å². The van der Waals surface area contributed by atoms with Gasteiger partial charge in [0, 0.05) is 24.0 Å². The molecule has 7 nitrogen and oxygen atoms in total. The number of hydrogen-bond acceptors (Lipinski definition) is 5. The molecule has 1 saturated heterocycles. The fraction of sp³-hybridized carbons (Fsp3) is 0.143. The molecule has 1 fully saturated rings. The molecule has 4 aromatic rings. The van der Waals surface area contributed by atoms with Gasteiger partial charge in [-0.25, -0.2) is 13.5 Å². The zero-order chi connectivity index (χ0) is 21.9. The second kappa shape index (κ2) is 6.98. The molecule has 3 heterocycles. The zero-order valence-corrected chi connectivity index (χ0v) is 16.6. The summed E-state index contributed by atoms with van der Waals surface area (Å²) in [6.07, 6.45) is 2.61. The summed E-state index contributed by atoms with van der Waals surface area (Å²) in [7, 11) is 0. The van der Waals surface area contributed by atoms with E-state index >= 15 is 4.39 Å². The maximum atomic E-state index is 15.5. The van der Waals surface area contributed by atoms with Gasteiger partial charge in [-0.2, -0.15) is 0 Å². The van der Waals surface area contributed by atoms with Crippen LogP contribution >= 0.6 is 11.6 Å². The molecule has 1 N–H and O–H groups in total. The summed E-state index contributed by atoms with van der Waals surface area (Å²) in [6, 6.07) is 4.98. The number of amides is 1. The third kappa shape index (κ3) is 2.84. The molecule has 0 aliphatic carbocycles. The summed E-state index contributed by atoms with van der Waals surface area (Å²) in [5, 5.41) is 18.6. The van der Waals surface area contributed by atoms with Crippen molar-refractivity contribution in [2.24, 2.45) is 0 Å². The molecule has 5 rings (SSSR count). The van der Waals surface area contributed by atoms with Crippen molar-refractivity contribution in [2.75, 3.05) is 13.1 Å². The zero-order valence-electron chi connectivity index (χ0n) is 15.9. The first kappa shape index (κ1) is 19.4. The van der Waals surface area contributed by atoms with E-state index in [1.165, 1.54) is 30.5 Å². The number of phenolic OH excluding ortho intramolecular Hbond substituents is 1. The SMILES string of the molecule is C=CC(=O)N1CC(n2nnc3cnc4c(F)c(-c5c(O)cccc5F)c(Cl)cc4c32)C1. The van der Waals surface area contributed by atoms with Crippen LogP contribution in [-0.2, 0) is 4.79 Å². The van der Waals surface area contributed by atoms with E-state index in [0.29, 0.717) is 29.5 Å². The van der Waals surface area contributed by atoms with Crippen molar-refractivity contribution in [3.05, 3.63) is 59.8 Å². The number of rotatable bonds is 3. The number of phenols is 1. The lowest BCUT2D eigenvalue weighted by molar-refractivity contribution is -0.131. The number of carbonyl (C=O) groups is 1. The molecule has 10 heteroatoms. The van der Waals surface area contributed by atoms with E-state index in [9.17, 15) is 14.3 Å². The third-order valence-electron chi connectivity index (χ3n) is 5.42. The molecule has 156 valence electrons. The topological polar surface area (TPSA) is 84.1 Å². The molecule has 2 aromatic carbocycles. The van der Waals surface area contributed by atoms with Gasteiger partial charge in [0.15, 0.2) is 5.82 Å². The highest BCUT2D eigenvalue weighted by molar-refractivity contribution is 6.34. The molecule has 0 bridgehead atoms. The largest absolute Gasteiger partial charge is 0.507 e. The van der Waals surface area contributed by atoms with Crippen LogP contribution in [0.5, 0.6) is 5.75 Å². The number of benzene rings is 2. The summed E-state index contributed by atoms with van der Waals surface area (Å²) in [6.45, 7) is 4.29. The first-order valence-corrected chi connectivity index (χ1v) is 9.69. The molecule has 2 aromatic heterocycles. The highest BCUT2D eigenvalue weighted by Crippen LogP contribution is 2.42. The standard InChI is InChI=1S/C21H14ClF2N5O2/c1-2-16(31)28-8-10(9-28)29-21-11-6-12(22)17(18-13(23)4-3-5-15(18)30)19(24)20(11)25-7-14(21)26-27-29/h2-7,10,30H,1,8-9H2. The number of nitrogens with zero attached hydrogens (tertiary/aromatic N) is 5. The van der Waals surface area contributed by atoms with E-state index in [1.54, 1.807) is 9.58 Å². The van der Waals surface area contributed by atoms with Crippen molar-refractivity contribution in [3.63, 3.8) is 0 Å². The number of carbonyl (C=O) groups excluding carboxylic acids is 1. The fourth-order valence-corrected chi connectivity index (χ4v) is 4.15. The van der Waals surface area contributed by atoms with Crippen molar-refractivity contribution < 1.29 is 18.7 Å². The van der Waals surface area contributed by atoms with Crippen molar-refractivity contribution in [1.29, 1.82) is 0 Å². The van der Waals surface area contributed by atoms with Gasteiger partial charge in [-0.15, -0.1) is 5.10 Å². The minimum absolute atomic E-state index is 0.0588. The van der Waals surface area contributed by atoms with E-state index < -0.39 is 17.4 Å². The minimum Gasteiger partial charge on any atom is -0.507 e. The number of pyridine rings is 1. The van der Waals surface area contributed by atoms with Gasteiger partial charge in [-0.3, -0.25) is 9.78 Å². The van der Waals surface area contributed by atoms with Gasteiger partial charge >= 0.3 is 0 Å². The first-order valence-electron chi connectivity index (χ1n) is 9.31. The summed E-state index contributed by atoms with van der Waals surface area (Å²) in [5.41, 5.74) is 0.264. The Morgan fingerprint density at radius 2 is 2.06 bits per heavy atom. The molecular formula is C21H14ClF2N5O2.